The first kappa shape index (κ1) is 16.4. The molecule has 5 heteroatoms. The van der Waals surface area contributed by atoms with E-state index in [2.05, 4.69) is 11.9 Å². The molecule has 3 rings (SSSR count). The lowest BCUT2D eigenvalue weighted by atomic mass is 9.99. The number of halogens is 1. The predicted octanol–water partition coefficient (Wildman–Crippen LogP) is 4.26. The van der Waals surface area contributed by atoms with Crippen LogP contribution in [-0.2, 0) is 17.8 Å². The van der Waals surface area contributed by atoms with Gasteiger partial charge in [0, 0.05) is 17.1 Å². The molecule has 1 heterocycles. The highest BCUT2D eigenvalue weighted by Crippen LogP contribution is 2.39. The summed E-state index contributed by atoms with van der Waals surface area (Å²) in [6.07, 6.45) is 3.10. The molecule has 1 N–H and O–H groups in total. The second-order valence-electron chi connectivity index (χ2n) is 5.46. The molecule has 1 aliphatic heterocycles. The number of nitrogens with one attached hydrogen (secondary N) is 1. The van der Waals surface area contributed by atoms with Crippen LogP contribution in [0.1, 0.15) is 17.5 Å². The third-order valence-electron chi connectivity index (χ3n) is 3.82. The molecule has 1 aliphatic rings. The van der Waals surface area contributed by atoms with Gasteiger partial charge in [0.2, 0.25) is 5.91 Å². The molecule has 0 aliphatic carbocycles. The molecule has 0 radical (unpaired) electrons. The normalized spacial score (nSPS) is 12.7. The van der Waals surface area contributed by atoms with Crippen LogP contribution in [0.4, 0.5) is 0 Å². The largest absolute Gasteiger partial charge is 0.489 e. The van der Waals surface area contributed by atoms with E-state index >= 15 is 0 Å². The van der Waals surface area contributed by atoms with E-state index in [1.54, 1.807) is 12.1 Å². The van der Waals surface area contributed by atoms with E-state index in [0.29, 0.717) is 29.7 Å². The first-order chi connectivity index (χ1) is 11.7. The summed E-state index contributed by atoms with van der Waals surface area (Å²) in [6.45, 7) is 4.56. The summed E-state index contributed by atoms with van der Waals surface area (Å²) in [5, 5.41) is 3.47. The maximum absolute atomic E-state index is 11.4. The number of carbonyl (C=O) groups excluding carboxylic acids is 1. The minimum atomic E-state index is -0.193. The highest BCUT2D eigenvalue weighted by Gasteiger charge is 2.20. The third-order valence-corrected chi connectivity index (χ3v) is 4.07. The minimum Gasteiger partial charge on any atom is -0.489 e. The summed E-state index contributed by atoms with van der Waals surface area (Å²) < 4.78 is 11.8. The average molecular weight is 344 g/mol. The van der Waals surface area contributed by atoms with Crippen molar-refractivity contribution in [2.75, 3.05) is 6.61 Å². The fourth-order valence-corrected chi connectivity index (χ4v) is 2.76. The highest BCUT2D eigenvalue weighted by atomic mass is 35.5. The van der Waals surface area contributed by atoms with Crippen molar-refractivity contribution in [3.63, 3.8) is 0 Å². The molecule has 0 saturated carbocycles. The number of ether oxygens (including phenoxy) is 2. The lowest BCUT2D eigenvalue weighted by molar-refractivity contribution is -0.116. The van der Waals surface area contributed by atoms with Crippen molar-refractivity contribution in [3.8, 4) is 17.2 Å². The molecule has 0 aromatic heterocycles. The van der Waals surface area contributed by atoms with E-state index in [-0.39, 0.29) is 5.91 Å². The maximum Gasteiger partial charge on any atom is 0.243 e. The van der Waals surface area contributed by atoms with Crippen molar-refractivity contribution in [1.29, 1.82) is 0 Å². The molecule has 0 fully saturated rings. The van der Waals surface area contributed by atoms with Gasteiger partial charge in [-0.1, -0.05) is 24.2 Å². The molecule has 0 spiro atoms. The van der Waals surface area contributed by atoms with Crippen LogP contribution in [-0.4, -0.2) is 12.5 Å². The fourth-order valence-electron chi connectivity index (χ4n) is 2.63. The van der Waals surface area contributed by atoms with Crippen LogP contribution in [0.3, 0.4) is 0 Å². The smallest absolute Gasteiger partial charge is 0.243 e. The summed E-state index contributed by atoms with van der Waals surface area (Å²) >= 11 is 5.90. The number of amides is 1. The molecule has 4 nitrogen and oxygen atoms in total. The van der Waals surface area contributed by atoms with Gasteiger partial charge in [0.1, 0.15) is 5.75 Å². The summed E-state index contributed by atoms with van der Waals surface area (Å²) in [7, 11) is 0. The van der Waals surface area contributed by atoms with Gasteiger partial charge < -0.3 is 14.8 Å². The molecule has 0 unspecified atom stereocenters. The predicted molar refractivity (Wildman–Crippen MR) is 93.8 cm³/mol. The Morgan fingerprint density at radius 3 is 2.83 bits per heavy atom. The molecular formula is C19H18ClNO3. The molecular weight excluding hydrogens is 326 g/mol. The Bertz CT molecular complexity index is 756. The molecule has 2 aromatic carbocycles. The Kier molecular flexibility index (Phi) is 5.06. The van der Waals surface area contributed by atoms with Crippen molar-refractivity contribution in [2.45, 2.75) is 19.4 Å². The minimum absolute atomic E-state index is 0.193. The summed E-state index contributed by atoms with van der Waals surface area (Å²) in [6, 6.07) is 11.0. The van der Waals surface area contributed by atoms with Crippen LogP contribution in [0.15, 0.2) is 49.1 Å². The topological polar surface area (TPSA) is 47.6 Å². The molecule has 0 bridgehead atoms. The quantitative estimate of drug-likeness (QED) is 0.825. The van der Waals surface area contributed by atoms with Crippen molar-refractivity contribution < 1.29 is 14.3 Å². The van der Waals surface area contributed by atoms with Gasteiger partial charge in [0.15, 0.2) is 11.5 Å². The fraction of sp³-hybridized carbons (Fsp3) is 0.211. The maximum atomic E-state index is 11.4. The van der Waals surface area contributed by atoms with E-state index in [4.69, 9.17) is 21.1 Å². The molecule has 0 saturated heterocycles. The second kappa shape index (κ2) is 7.41. The third kappa shape index (κ3) is 3.71. The van der Waals surface area contributed by atoms with Gasteiger partial charge in [-0.2, -0.15) is 0 Å². The van der Waals surface area contributed by atoms with Gasteiger partial charge in [0.05, 0.1) is 6.61 Å². The first-order valence-electron chi connectivity index (χ1n) is 7.78. The lowest BCUT2D eigenvalue weighted by Gasteiger charge is -2.23. The van der Waals surface area contributed by atoms with Gasteiger partial charge in [-0.15, -0.1) is 0 Å². The summed E-state index contributed by atoms with van der Waals surface area (Å²) in [5.41, 5.74) is 2.11. The molecule has 1 amide bonds. The van der Waals surface area contributed by atoms with Gasteiger partial charge in [-0.3, -0.25) is 4.79 Å². The second-order valence-corrected chi connectivity index (χ2v) is 5.90. The van der Waals surface area contributed by atoms with Gasteiger partial charge >= 0.3 is 0 Å². The number of fused-ring (bicyclic) bond motifs is 1. The van der Waals surface area contributed by atoms with Crippen molar-refractivity contribution in [3.05, 3.63) is 65.2 Å². The van der Waals surface area contributed by atoms with Gasteiger partial charge in [0.25, 0.3) is 0 Å². The van der Waals surface area contributed by atoms with Crippen LogP contribution in [0.5, 0.6) is 17.2 Å². The van der Waals surface area contributed by atoms with E-state index in [9.17, 15) is 4.79 Å². The van der Waals surface area contributed by atoms with Crippen LogP contribution in [0.25, 0.3) is 0 Å². The van der Waals surface area contributed by atoms with Crippen molar-refractivity contribution >= 4 is 17.5 Å². The number of benzene rings is 2. The Morgan fingerprint density at radius 2 is 2.08 bits per heavy atom. The number of carbonyl (C=O) groups is 1. The lowest BCUT2D eigenvalue weighted by Crippen LogP contribution is -2.22. The van der Waals surface area contributed by atoms with Gasteiger partial charge in [-0.05, 0) is 54.8 Å². The van der Waals surface area contributed by atoms with Crippen molar-refractivity contribution in [1.82, 2.24) is 5.32 Å². The van der Waals surface area contributed by atoms with E-state index in [1.165, 1.54) is 6.08 Å². The number of hydrogen-bond donors (Lipinski definition) is 1. The Balaban J connectivity index is 1.86. The van der Waals surface area contributed by atoms with E-state index < -0.39 is 0 Å². The summed E-state index contributed by atoms with van der Waals surface area (Å²) in [4.78, 5) is 11.4. The van der Waals surface area contributed by atoms with E-state index in [0.717, 1.165) is 29.7 Å². The molecule has 2 aromatic rings. The van der Waals surface area contributed by atoms with Crippen LogP contribution in [0.2, 0.25) is 5.02 Å². The SMILES string of the molecule is C=CC(=O)NCc1ccc(Oc2ccc(Cl)cc2)c2c1CCCO2. The zero-order valence-electron chi connectivity index (χ0n) is 13.2. The van der Waals surface area contributed by atoms with Crippen LogP contribution < -0.4 is 14.8 Å². The monoisotopic (exact) mass is 343 g/mol. The Morgan fingerprint density at radius 1 is 1.29 bits per heavy atom. The average Bonchev–Trinajstić information content (AvgIpc) is 2.62. The number of rotatable bonds is 5. The number of hydrogen-bond acceptors (Lipinski definition) is 3. The van der Waals surface area contributed by atoms with Gasteiger partial charge in [-0.25, -0.2) is 0 Å². The zero-order valence-corrected chi connectivity index (χ0v) is 13.9. The van der Waals surface area contributed by atoms with Crippen molar-refractivity contribution in [2.24, 2.45) is 0 Å². The highest BCUT2D eigenvalue weighted by molar-refractivity contribution is 6.30. The Labute approximate surface area is 146 Å². The van der Waals surface area contributed by atoms with Crippen LogP contribution >= 0.6 is 11.6 Å². The van der Waals surface area contributed by atoms with E-state index in [1.807, 2.05) is 24.3 Å². The first-order valence-corrected chi connectivity index (χ1v) is 8.16. The molecule has 0 atom stereocenters. The van der Waals surface area contributed by atoms with Crippen LogP contribution in [0, 0.1) is 0 Å². The molecule has 124 valence electrons. The Hall–Kier alpha value is -2.46. The zero-order chi connectivity index (χ0) is 16.9. The standard InChI is InChI=1S/C19H18ClNO3/c1-2-18(22)21-12-13-5-10-17(19-16(13)4-3-11-23-19)24-15-8-6-14(20)7-9-15/h2,5-10H,1,3-4,11-12H2,(H,21,22). The summed E-state index contributed by atoms with van der Waals surface area (Å²) in [5.74, 6) is 1.93. The molecule has 24 heavy (non-hydrogen) atoms.